The van der Waals surface area contributed by atoms with Crippen molar-refractivity contribution >= 4 is 23.0 Å². The van der Waals surface area contributed by atoms with E-state index in [0.717, 1.165) is 16.7 Å². The Bertz CT molecular complexity index is 484. The maximum absolute atomic E-state index is 5.46. The Labute approximate surface area is 128 Å². The molecule has 20 heavy (non-hydrogen) atoms. The average molecular weight is 290 g/mol. The number of nitrogens with one attached hydrogen (secondary N) is 2. The first-order valence-corrected chi connectivity index (χ1v) is 8.03. The van der Waals surface area contributed by atoms with E-state index in [4.69, 9.17) is 12.2 Å². The molecule has 1 aromatic rings. The molecule has 3 heteroatoms. The van der Waals surface area contributed by atoms with Crippen LogP contribution < -0.4 is 10.6 Å². The van der Waals surface area contributed by atoms with Gasteiger partial charge in [0.05, 0.1) is 0 Å². The van der Waals surface area contributed by atoms with Gasteiger partial charge in [0, 0.05) is 11.7 Å². The van der Waals surface area contributed by atoms with Crippen LogP contribution in [0.2, 0.25) is 0 Å². The Hall–Kier alpha value is -1.09. The van der Waals surface area contributed by atoms with Crippen molar-refractivity contribution in [1.82, 2.24) is 5.32 Å². The molecule has 1 fully saturated rings. The molecule has 1 aromatic carbocycles. The zero-order valence-corrected chi connectivity index (χ0v) is 13.8. The highest BCUT2D eigenvalue weighted by Gasteiger charge is 2.27. The van der Waals surface area contributed by atoms with E-state index >= 15 is 0 Å². The molecule has 0 spiro atoms. The Morgan fingerprint density at radius 2 is 1.90 bits per heavy atom. The summed E-state index contributed by atoms with van der Waals surface area (Å²) in [5.74, 6) is 1.47. The molecule has 0 radical (unpaired) electrons. The second-order valence-corrected chi connectivity index (χ2v) is 6.68. The third kappa shape index (κ3) is 3.72. The van der Waals surface area contributed by atoms with E-state index < -0.39 is 0 Å². The zero-order valence-electron chi connectivity index (χ0n) is 13.0. The van der Waals surface area contributed by atoms with Gasteiger partial charge in [-0.1, -0.05) is 32.8 Å². The molecule has 3 atom stereocenters. The van der Waals surface area contributed by atoms with Crippen LogP contribution in [0.5, 0.6) is 0 Å². The van der Waals surface area contributed by atoms with Crippen molar-refractivity contribution < 1.29 is 0 Å². The van der Waals surface area contributed by atoms with Gasteiger partial charge in [-0.05, 0) is 67.6 Å². The largest absolute Gasteiger partial charge is 0.359 e. The van der Waals surface area contributed by atoms with Gasteiger partial charge in [0.2, 0.25) is 0 Å². The first kappa shape index (κ1) is 15.3. The summed E-state index contributed by atoms with van der Waals surface area (Å²) in [4.78, 5) is 0. The van der Waals surface area contributed by atoms with Crippen LogP contribution in [0.15, 0.2) is 18.2 Å². The third-order valence-electron chi connectivity index (χ3n) is 4.79. The summed E-state index contributed by atoms with van der Waals surface area (Å²) >= 11 is 5.46. The lowest BCUT2D eigenvalue weighted by atomic mass is 9.78. The van der Waals surface area contributed by atoms with Crippen molar-refractivity contribution in [3.8, 4) is 0 Å². The van der Waals surface area contributed by atoms with Gasteiger partial charge in [-0.25, -0.2) is 0 Å². The van der Waals surface area contributed by atoms with Crippen molar-refractivity contribution in [1.29, 1.82) is 0 Å². The van der Waals surface area contributed by atoms with Crippen molar-refractivity contribution in [2.45, 2.75) is 53.0 Å². The van der Waals surface area contributed by atoms with Gasteiger partial charge in [-0.3, -0.25) is 0 Å². The van der Waals surface area contributed by atoms with Crippen LogP contribution in [0.3, 0.4) is 0 Å². The molecule has 0 bridgehead atoms. The Morgan fingerprint density at radius 1 is 1.15 bits per heavy atom. The number of hydrogen-bond donors (Lipinski definition) is 2. The van der Waals surface area contributed by atoms with Crippen LogP contribution in [-0.4, -0.2) is 11.2 Å². The summed E-state index contributed by atoms with van der Waals surface area (Å²) in [7, 11) is 0. The van der Waals surface area contributed by atoms with Crippen LogP contribution >= 0.6 is 12.2 Å². The first-order chi connectivity index (χ1) is 9.47. The number of benzene rings is 1. The lowest BCUT2D eigenvalue weighted by molar-refractivity contribution is 0.225. The zero-order chi connectivity index (χ0) is 14.7. The molecule has 0 heterocycles. The highest BCUT2D eigenvalue weighted by molar-refractivity contribution is 7.80. The van der Waals surface area contributed by atoms with Gasteiger partial charge >= 0.3 is 0 Å². The van der Waals surface area contributed by atoms with Gasteiger partial charge < -0.3 is 10.6 Å². The Kier molecular flexibility index (Phi) is 5.03. The predicted octanol–water partition coefficient (Wildman–Crippen LogP) is 4.41. The molecule has 0 aromatic heterocycles. The van der Waals surface area contributed by atoms with Crippen molar-refractivity contribution in [2.75, 3.05) is 5.32 Å². The Balaban J connectivity index is 1.93. The summed E-state index contributed by atoms with van der Waals surface area (Å²) in [6, 6.07) is 6.87. The van der Waals surface area contributed by atoms with Crippen LogP contribution in [-0.2, 0) is 0 Å². The number of rotatable bonds is 2. The molecule has 1 saturated carbocycles. The van der Waals surface area contributed by atoms with Gasteiger partial charge in [0.15, 0.2) is 5.11 Å². The average Bonchev–Trinajstić information content (AvgIpc) is 2.39. The summed E-state index contributed by atoms with van der Waals surface area (Å²) in [6.07, 6.45) is 3.87. The molecule has 0 unspecified atom stereocenters. The molecule has 2 nitrogen and oxygen atoms in total. The highest BCUT2D eigenvalue weighted by Crippen LogP contribution is 2.29. The minimum absolute atomic E-state index is 0.505. The van der Waals surface area contributed by atoms with Crippen LogP contribution in [0.4, 0.5) is 5.69 Å². The van der Waals surface area contributed by atoms with Crippen molar-refractivity contribution in [3.63, 3.8) is 0 Å². The van der Waals surface area contributed by atoms with E-state index in [1.807, 2.05) is 0 Å². The second kappa shape index (κ2) is 6.57. The second-order valence-electron chi connectivity index (χ2n) is 6.27. The SMILES string of the molecule is Cc1ccc(NC(=S)N[C@H]2CCC[C@H](C)[C@H]2C)cc1C. The van der Waals surface area contributed by atoms with Gasteiger partial charge in [0.1, 0.15) is 0 Å². The fourth-order valence-corrected chi connectivity index (χ4v) is 3.21. The third-order valence-corrected chi connectivity index (χ3v) is 5.01. The number of hydrogen-bond acceptors (Lipinski definition) is 1. The molecule has 2 rings (SSSR count). The van der Waals surface area contributed by atoms with Crippen LogP contribution in [0.1, 0.15) is 44.2 Å². The van der Waals surface area contributed by atoms with E-state index in [9.17, 15) is 0 Å². The van der Waals surface area contributed by atoms with E-state index in [-0.39, 0.29) is 0 Å². The molecular formula is C17H26N2S. The molecular weight excluding hydrogens is 264 g/mol. The van der Waals surface area contributed by atoms with Crippen LogP contribution in [0, 0.1) is 25.7 Å². The quantitative estimate of drug-likeness (QED) is 0.789. The molecule has 0 saturated heterocycles. The fraction of sp³-hybridized carbons (Fsp3) is 0.588. The highest BCUT2D eigenvalue weighted by atomic mass is 32.1. The topological polar surface area (TPSA) is 24.1 Å². The van der Waals surface area contributed by atoms with E-state index in [1.165, 1.54) is 30.4 Å². The maximum atomic E-state index is 5.46. The fourth-order valence-electron chi connectivity index (χ4n) is 2.94. The molecule has 1 aliphatic rings. The minimum atomic E-state index is 0.505. The van der Waals surface area contributed by atoms with Gasteiger partial charge in [-0.15, -0.1) is 0 Å². The minimum Gasteiger partial charge on any atom is -0.359 e. The number of anilines is 1. The summed E-state index contributed by atoms with van der Waals surface area (Å²) in [5, 5.41) is 7.56. The van der Waals surface area contributed by atoms with E-state index in [2.05, 4.69) is 56.5 Å². The normalized spacial score (nSPS) is 26.1. The smallest absolute Gasteiger partial charge is 0.171 e. The predicted molar refractivity (Wildman–Crippen MR) is 91.2 cm³/mol. The van der Waals surface area contributed by atoms with Crippen LogP contribution in [0.25, 0.3) is 0 Å². The molecule has 0 amide bonds. The molecule has 1 aliphatic carbocycles. The van der Waals surface area contributed by atoms with E-state index in [0.29, 0.717) is 12.0 Å². The lowest BCUT2D eigenvalue weighted by Crippen LogP contribution is -2.45. The maximum Gasteiger partial charge on any atom is 0.171 e. The Morgan fingerprint density at radius 3 is 2.60 bits per heavy atom. The van der Waals surface area contributed by atoms with E-state index in [1.54, 1.807) is 0 Å². The van der Waals surface area contributed by atoms with Gasteiger partial charge in [0.25, 0.3) is 0 Å². The summed E-state index contributed by atoms with van der Waals surface area (Å²) in [5.41, 5.74) is 3.67. The summed E-state index contributed by atoms with van der Waals surface area (Å²) < 4.78 is 0. The molecule has 110 valence electrons. The lowest BCUT2D eigenvalue weighted by Gasteiger charge is -2.35. The monoisotopic (exact) mass is 290 g/mol. The standard InChI is InChI=1S/C17H26N2S/c1-11-8-9-15(10-13(11)3)18-17(20)19-16-7-5-6-12(2)14(16)4/h8-10,12,14,16H,5-7H2,1-4H3,(H2,18,19,20)/t12-,14+,16-/m0/s1. The van der Waals surface area contributed by atoms with Crippen molar-refractivity contribution in [2.24, 2.45) is 11.8 Å². The molecule has 2 N–H and O–H groups in total. The molecule has 0 aliphatic heterocycles. The summed E-state index contributed by atoms with van der Waals surface area (Å²) in [6.45, 7) is 8.93. The van der Waals surface area contributed by atoms with Crippen molar-refractivity contribution in [3.05, 3.63) is 29.3 Å². The number of aryl methyl sites for hydroxylation is 2. The number of thiocarbonyl (C=S) groups is 1. The first-order valence-electron chi connectivity index (χ1n) is 7.62. The van der Waals surface area contributed by atoms with Gasteiger partial charge in [-0.2, -0.15) is 0 Å².